The molecule has 2 rings (SSSR count). The Kier molecular flexibility index (Phi) is 4.77. The van der Waals surface area contributed by atoms with Crippen molar-refractivity contribution in [2.24, 2.45) is 11.3 Å². The van der Waals surface area contributed by atoms with Crippen LogP contribution in [0.1, 0.15) is 40.0 Å². The van der Waals surface area contributed by atoms with Gasteiger partial charge in [-0.25, -0.2) is 0 Å². The van der Waals surface area contributed by atoms with Gasteiger partial charge in [0.05, 0.1) is 0 Å². The number of fused-ring (bicyclic) bond motifs is 2. The van der Waals surface area contributed by atoms with Gasteiger partial charge < -0.3 is 4.90 Å². The van der Waals surface area contributed by atoms with Crippen molar-refractivity contribution >= 4 is 15.9 Å². The molecule has 3 unspecified atom stereocenters. The highest BCUT2D eigenvalue weighted by atomic mass is 79.9. The van der Waals surface area contributed by atoms with Crippen LogP contribution in [0.3, 0.4) is 0 Å². The molecule has 0 aromatic heterocycles. The van der Waals surface area contributed by atoms with Gasteiger partial charge in [0.15, 0.2) is 0 Å². The van der Waals surface area contributed by atoms with Crippen LogP contribution in [0.5, 0.6) is 0 Å². The molecule has 0 spiro atoms. The fourth-order valence-corrected chi connectivity index (χ4v) is 4.59. The molecule has 18 heavy (non-hydrogen) atoms. The topological polar surface area (TPSA) is 6.48 Å². The largest absolute Gasteiger partial charge is 0.301 e. The van der Waals surface area contributed by atoms with Crippen LogP contribution in [0.2, 0.25) is 0 Å². The van der Waals surface area contributed by atoms with Gasteiger partial charge in [-0.3, -0.25) is 4.90 Å². The van der Waals surface area contributed by atoms with E-state index in [2.05, 4.69) is 53.5 Å². The zero-order valence-electron chi connectivity index (χ0n) is 12.5. The Morgan fingerprint density at radius 2 is 1.83 bits per heavy atom. The lowest BCUT2D eigenvalue weighted by Gasteiger charge is -2.35. The fraction of sp³-hybridized carbons (Fsp3) is 1.00. The second-order valence-corrected chi connectivity index (χ2v) is 7.96. The third-order valence-electron chi connectivity index (χ3n) is 5.12. The van der Waals surface area contributed by atoms with Crippen LogP contribution in [0.15, 0.2) is 0 Å². The highest BCUT2D eigenvalue weighted by molar-refractivity contribution is 9.09. The molecule has 0 N–H and O–H groups in total. The van der Waals surface area contributed by atoms with Gasteiger partial charge in [0.2, 0.25) is 0 Å². The SMILES string of the molecule is CN1C2CCC1CN(CC(CBr)C(C)(C)C)CC2. The van der Waals surface area contributed by atoms with Crippen molar-refractivity contribution in [1.82, 2.24) is 9.80 Å². The van der Waals surface area contributed by atoms with E-state index >= 15 is 0 Å². The van der Waals surface area contributed by atoms with Gasteiger partial charge in [0.25, 0.3) is 0 Å². The average molecular weight is 317 g/mol. The maximum absolute atomic E-state index is 3.71. The fourth-order valence-electron chi connectivity index (χ4n) is 3.41. The molecule has 2 aliphatic rings. The first-order valence-corrected chi connectivity index (χ1v) is 8.54. The summed E-state index contributed by atoms with van der Waals surface area (Å²) in [6, 6.07) is 1.67. The zero-order chi connectivity index (χ0) is 13.3. The van der Waals surface area contributed by atoms with Crippen molar-refractivity contribution < 1.29 is 0 Å². The van der Waals surface area contributed by atoms with Gasteiger partial charge in [0.1, 0.15) is 0 Å². The van der Waals surface area contributed by atoms with E-state index in [4.69, 9.17) is 0 Å². The molecule has 2 bridgehead atoms. The quantitative estimate of drug-likeness (QED) is 0.738. The summed E-state index contributed by atoms with van der Waals surface area (Å²) in [5, 5.41) is 1.12. The Bertz CT molecular complexity index is 274. The van der Waals surface area contributed by atoms with Crippen LogP contribution in [0.4, 0.5) is 0 Å². The van der Waals surface area contributed by atoms with Gasteiger partial charge >= 0.3 is 0 Å². The van der Waals surface area contributed by atoms with Crippen molar-refractivity contribution in [3.8, 4) is 0 Å². The van der Waals surface area contributed by atoms with E-state index in [0.717, 1.165) is 23.3 Å². The van der Waals surface area contributed by atoms with Gasteiger partial charge in [-0.1, -0.05) is 36.7 Å². The first-order chi connectivity index (χ1) is 8.41. The van der Waals surface area contributed by atoms with Crippen molar-refractivity contribution in [1.29, 1.82) is 0 Å². The third-order valence-corrected chi connectivity index (χ3v) is 5.90. The van der Waals surface area contributed by atoms with Crippen LogP contribution in [0, 0.1) is 11.3 Å². The predicted octanol–water partition coefficient (Wildman–Crippen LogP) is 3.21. The molecule has 0 aliphatic carbocycles. The first-order valence-electron chi connectivity index (χ1n) is 7.42. The Morgan fingerprint density at radius 3 is 2.44 bits per heavy atom. The molecule has 2 fully saturated rings. The summed E-state index contributed by atoms with van der Waals surface area (Å²) in [4.78, 5) is 5.36. The number of hydrogen-bond donors (Lipinski definition) is 0. The number of alkyl halides is 1. The minimum absolute atomic E-state index is 0.403. The molecule has 106 valence electrons. The second kappa shape index (κ2) is 5.80. The summed E-state index contributed by atoms with van der Waals surface area (Å²) < 4.78 is 0. The number of likely N-dealkylation sites (tertiary alicyclic amines) is 1. The summed E-state index contributed by atoms with van der Waals surface area (Å²) in [7, 11) is 2.33. The number of likely N-dealkylation sites (N-methyl/N-ethyl adjacent to an activating group) is 1. The van der Waals surface area contributed by atoms with Crippen molar-refractivity contribution in [3.63, 3.8) is 0 Å². The van der Waals surface area contributed by atoms with E-state index in [-0.39, 0.29) is 0 Å². The standard InChI is InChI=1S/C15H29BrN2/c1-15(2,3)12(9-16)10-18-8-7-13-5-6-14(11-18)17(13)4/h12-14H,5-11H2,1-4H3. The summed E-state index contributed by atoms with van der Waals surface area (Å²) >= 11 is 3.71. The molecule has 0 aromatic carbocycles. The average Bonchev–Trinajstić information content (AvgIpc) is 2.50. The van der Waals surface area contributed by atoms with Crippen molar-refractivity contribution in [3.05, 3.63) is 0 Å². The van der Waals surface area contributed by atoms with Gasteiger partial charge in [0, 0.05) is 30.5 Å². The number of rotatable bonds is 3. The Labute approximate surface area is 121 Å². The molecule has 2 nitrogen and oxygen atoms in total. The van der Waals surface area contributed by atoms with E-state index in [1.54, 1.807) is 0 Å². The zero-order valence-corrected chi connectivity index (χ0v) is 14.0. The normalized spacial score (nSPS) is 32.5. The molecule has 3 atom stereocenters. The molecule has 0 amide bonds. The summed E-state index contributed by atoms with van der Waals surface area (Å²) in [6.07, 6.45) is 4.20. The number of nitrogens with zero attached hydrogens (tertiary/aromatic N) is 2. The number of hydrogen-bond acceptors (Lipinski definition) is 2. The second-order valence-electron chi connectivity index (χ2n) is 7.32. The molecule has 2 saturated heterocycles. The minimum atomic E-state index is 0.403. The predicted molar refractivity (Wildman–Crippen MR) is 82.4 cm³/mol. The molecule has 0 aromatic rings. The number of halogens is 1. The summed E-state index contributed by atoms with van der Waals surface area (Å²) in [5.41, 5.74) is 0.403. The maximum Gasteiger partial charge on any atom is 0.0223 e. The van der Waals surface area contributed by atoms with Gasteiger partial charge in [-0.05, 0) is 44.2 Å². The Hall–Kier alpha value is 0.400. The lowest BCUT2D eigenvalue weighted by molar-refractivity contribution is 0.152. The van der Waals surface area contributed by atoms with Crippen LogP contribution >= 0.6 is 15.9 Å². The van der Waals surface area contributed by atoms with Gasteiger partial charge in [-0.2, -0.15) is 0 Å². The molecule has 2 aliphatic heterocycles. The summed E-state index contributed by atoms with van der Waals surface area (Å²) in [6.45, 7) is 10.9. The smallest absolute Gasteiger partial charge is 0.0223 e. The van der Waals surface area contributed by atoms with Crippen LogP contribution in [0.25, 0.3) is 0 Å². The third kappa shape index (κ3) is 3.29. The Balaban J connectivity index is 1.94. The van der Waals surface area contributed by atoms with E-state index in [1.165, 1.54) is 38.9 Å². The van der Waals surface area contributed by atoms with Crippen molar-refractivity contribution in [2.75, 3.05) is 32.0 Å². The monoisotopic (exact) mass is 316 g/mol. The highest BCUT2D eigenvalue weighted by Crippen LogP contribution is 2.32. The van der Waals surface area contributed by atoms with Crippen molar-refractivity contribution in [2.45, 2.75) is 52.1 Å². The molecule has 0 radical (unpaired) electrons. The lowest BCUT2D eigenvalue weighted by atomic mass is 9.81. The Morgan fingerprint density at radius 1 is 1.17 bits per heavy atom. The minimum Gasteiger partial charge on any atom is -0.301 e. The van der Waals surface area contributed by atoms with Crippen LogP contribution in [-0.4, -0.2) is 53.9 Å². The van der Waals surface area contributed by atoms with E-state index in [0.29, 0.717) is 5.41 Å². The lowest BCUT2D eigenvalue weighted by Crippen LogP contribution is -2.41. The van der Waals surface area contributed by atoms with E-state index in [9.17, 15) is 0 Å². The first kappa shape index (κ1) is 14.8. The molecular weight excluding hydrogens is 288 g/mol. The van der Waals surface area contributed by atoms with E-state index < -0.39 is 0 Å². The highest BCUT2D eigenvalue weighted by Gasteiger charge is 2.36. The van der Waals surface area contributed by atoms with Crippen LogP contribution in [-0.2, 0) is 0 Å². The molecular formula is C15H29BrN2. The summed E-state index contributed by atoms with van der Waals surface area (Å²) in [5.74, 6) is 0.749. The van der Waals surface area contributed by atoms with E-state index in [1.807, 2.05) is 0 Å². The van der Waals surface area contributed by atoms with Crippen LogP contribution < -0.4 is 0 Å². The molecule has 3 heteroatoms. The molecule has 0 saturated carbocycles. The molecule has 2 heterocycles. The van der Waals surface area contributed by atoms with Gasteiger partial charge in [-0.15, -0.1) is 0 Å². The maximum atomic E-state index is 3.71.